The van der Waals surface area contributed by atoms with Gasteiger partial charge in [0.1, 0.15) is 0 Å². The van der Waals surface area contributed by atoms with Crippen LogP contribution in [0.15, 0.2) is 30.5 Å². The number of nitrogens with one attached hydrogen (secondary N) is 1. The summed E-state index contributed by atoms with van der Waals surface area (Å²) in [7, 11) is 0. The Hall–Kier alpha value is -1.19. The molecule has 2 rings (SSSR count). The van der Waals surface area contributed by atoms with E-state index in [2.05, 4.69) is 48.4 Å². The molecule has 0 aromatic carbocycles. The van der Waals surface area contributed by atoms with Crippen molar-refractivity contribution in [1.29, 1.82) is 0 Å². The van der Waals surface area contributed by atoms with Crippen LogP contribution in [-0.2, 0) is 17.9 Å². The third-order valence-electron chi connectivity index (χ3n) is 3.97. The zero-order chi connectivity index (χ0) is 14.2. The van der Waals surface area contributed by atoms with Crippen LogP contribution in [0.1, 0.15) is 37.9 Å². The molecule has 0 saturated carbocycles. The van der Waals surface area contributed by atoms with Crippen LogP contribution in [0.2, 0.25) is 0 Å². The molecule has 0 aliphatic heterocycles. The summed E-state index contributed by atoms with van der Waals surface area (Å²) in [4.78, 5) is 4.45. The smallest absolute Gasteiger partial charge is 0.0887 e. The van der Waals surface area contributed by atoms with Crippen LogP contribution >= 0.6 is 0 Å². The number of aromatic nitrogens is 1. The SMILES string of the molecule is CCNCc1ccc(COCC2CC=CCC2C)nc1. The molecule has 1 aromatic rings. The van der Waals surface area contributed by atoms with Crippen LogP contribution in [0.25, 0.3) is 0 Å². The zero-order valence-corrected chi connectivity index (χ0v) is 12.6. The predicted molar refractivity (Wildman–Crippen MR) is 82.3 cm³/mol. The average Bonchev–Trinajstić information content (AvgIpc) is 2.48. The first kappa shape index (κ1) is 15.2. The monoisotopic (exact) mass is 274 g/mol. The summed E-state index contributed by atoms with van der Waals surface area (Å²) in [6, 6.07) is 4.19. The third-order valence-corrected chi connectivity index (χ3v) is 3.97. The molecule has 3 heteroatoms. The van der Waals surface area contributed by atoms with E-state index in [4.69, 9.17) is 4.74 Å². The molecule has 0 fully saturated rings. The topological polar surface area (TPSA) is 34.1 Å². The Balaban J connectivity index is 1.72. The normalized spacial score (nSPS) is 22.1. The fourth-order valence-corrected chi connectivity index (χ4v) is 2.47. The predicted octanol–water partition coefficient (Wildman–Crippen LogP) is 3.31. The van der Waals surface area contributed by atoms with E-state index in [9.17, 15) is 0 Å². The molecule has 0 amide bonds. The lowest BCUT2D eigenvalue weighted by atomic mass is 9.85. The maximum atomic E-state index is 5.84. The Morgan fingerprint density at radius 3 is 2.85 bits per heavy atom. The number of nitrogens with zero attached hydrogens (tertiary/aromatic N) is 1. The van der Waals surface area contributed by atoms with Crippen molar-refractivity contribution in [2.45, 2.75) is 39.8 Å². The Morgan fingerprint density at radius 1 is 1.30 bits per heavy atom. The van der Waals surface area contributed by atoms with Gasteiger partial charge in [0.15, 0.2) is 0 Å². The van der Waals surface area contributed by atoms with Crippen molar-refractivity contribution in [3.05, 3.63) is 41.7 Å². The quantitative estimate of drug-likeness (QED) is 0.775. The van der Waals surface area contributed by atoms with Gasteiger partial charge in [-0.3, -0.25) is 4.98 Å². The molecule has 0 radical (unpaired) electrons. The van der Waals surface area contributed by atoms with Crippen LogP contribution in [0, 0.1) is 11.8 Å². The third kappa shape index (κ3) is 4.73. The number of hydrogen-bond donors (Lipinski definition) is 1. The van der Waals surface area contributed by atoms with Gasteiger partial charge in [0.05, 0.1) is 18.9 Å². The molecular weight excluding hydrogens is 248 g/mol. The number of hydrogen-bond acceptors (Lipinski definition) is 3. The van der Waals surface area contributed by atoms with Crippen LogP contribution < -0.4 is 5.32 Å². The average molecular weight is 274 g/mol. The number of pyridine rings is 1. The first-order chi connectivity index (χ1) is 9.79. The van der Waals surface area contributed by atoms with Crippen molar-refractivity contribution in [2.75, 3.05) is 13.2 Å². The fourth-order valence-electron chi connectivity index (χ4n) is 2.47. The lowest BCUT2D eigenvalue weighted by Crippen LogP contribution is -2.19. The highest BCUT2D eigenvalue weighted by Crippen LogP contribution is 2.25. The number of ether oxygens (including phenoxy) is 1. The first-order valence-electron chi connectivity index (χ1n) is 7.67. The largest absolute Gasteiger partial charge is 0.375 e. The Morgan fingerprint density at radius 2 is 2.15 bits per heavy atom. The highest BCUT2D eigenvalue weighted by molar-refractivity contribution is 5.13. The molecule has 0 saturated heterocycles. The van der Waals surface area contributed by atoms with E-state index < -0.39 is 0 Å². The maximum Gasteiger partial charge on any atom is 0.0887 e. The van der Waals surface area contributed by atoms with E-state index in [1.54, 1.807) is 0 Å². The summed E-state index contributed by atoms with van der Waals surface area (Å²) < 4.78 is 5.84. The molecule has 3 nitrogen and oxygen atoms in total. The Bertz CT molecular complexity index is 414. The zero-order valence-electron chi connectivity index (χ0n) is 12.6. The lowest BCUT2D eigenvalue weighted by Gasteiger charge is -2.24. The van der Waals surface area contributed by atoms with Gasteiger partial charge in [-0.2, -0.15) is 0 Å². The summed E-state index contributed by atoms with van der Waals surface area (Å²) in [5.74, 6) is 1.39. The summed E-state index contributed by atoms with van der Waals surface area (Å²) in [6.07, 6.45) is 8.84. The molecule has 2 unspecified atom stereocenters. The van der Waals surface area contributed by atoms with Crippen molar-refractivity contribution in [3.63, 3.8) is 0 Å². The van der Waals surface area contributed by atoms with E-state index in [1.165, 1.54) is 12.0 Å². The van der Waals surface area contributed by atoms with Gasteiger partial charge in [0.25, 0.3) is 0 Å². The highest BCUT2D eigenvalue weighted by Gasteiger charge is 2.18. The summed E-state index contributed by atoms with van der Waals surface area (Å²) in [5, 5.41) is 3.30. The van der Waals surface area contributed by atoms with Gasteiger partial charge in [0.2, 0.25) is 0 Å². The molecule has 1 aliphatic rings. The van der Waals surface area contributed by atoms with E-state index in [0.29, 0.717) is 12.5 Å². The summed E-state index contributed by atoms with van der Waals surface area (Å²) in [6.45, 7) is 7.75. The molecule has 1 aromatic heterocycles. The molecular formula is C17H26N2O. The lowest BCUT2D eigenvalue weighted by molar-refractivity contribution is 0.0662. The Kier molecular flexibility index (Phi) is 6.22. The van der Waals surface area contributed by atoms with Crippen molar-refractivity contribution in [3.8, 4) is 0 Å². The minimum Gasteiger partial charge on any atom is -0.375 e. The fraction of sp³-hybridized carbons (Fsp3) is 0.588. The highest BCUT2D eigenvalue weighted by atomic mass is 16.5. The standard InChI is InChI=1S/C17H26N2O/c1-3-18-10-15-8-9-17(19-11-15)13-20-12-16-7-5-4-6-14(16)2/h4-5,8-9,11,14,16,18H,3,6-7,10,12-13H2,1-2H3. The van der Waals surface area contributed by atoms with Crippen LogP contribution in [0.3, 0.4) is 0 Å². The van der Waals surface area contributed by atoms with Gasteiger partial charge in [-0.1, -0.05) is 32.1 Å². The molecule has 0 bridgehead atoms. The number of rotatable bonds is 7. The van der Waals surface area contributed by atoms with Crippen molar-refractivity contribution in [1.82, 2.24) is 10.3 Å². The molecule has 0 spiro atoms. The molecule has 1 aliphatic carbocycles. The first-order valence-corrected chi connectivity index (χ1v) is 7.67. The van der Waals surface area contributed by atoms with E-state index in [0.717, 1.165) is 37.7 Å². The minimum atomic E-state index is 0.619. The summed E-state index contributed by atoms with van der Waals surface area (Å²) >= 11 is 0. The van der Waals surface area contributed by atoms with Gasteiger partial charge >= 0.3 is 0 Å². The van der Waals surface area contributed by atoms with Crippen LogP contribution in [0.5, 0.6) is 0 Å². The van der Waals surface area contributed by atoms with Crippen LogP contribution in [-0.4, -0.2) is 18.1 Å². The van der Waals surface area contributed by atoms with Gasteiger partial charge in [-0.05, 0) is 42.9 Å². The van der Waals surface area contributed by atoms with E-state index in [1.807, 2.05) is 6.20 Å². The number of allylic oxidation sites excluding steroid dienone is 2. The van der Waals surface area contributed by atoms with Crippen LogP contribution in [0.4, 0.5) is 0 Å². The van der Waals surface area contributed by atoms with Gasteiger partial charge < -0.3 is 10.1 Å². The second kappa shape index (κ2) is 8.18. The van der Waals surface area contributed by atoms with Crippen molar-refractivity contribution >= 4 is 0 Å². The molecule has 110 valence electrons. The second-order valence-electron chi connectivity index (χ2n) is 5.63. The minimum absolute atomic E-state index is 0.619. The second-order valence-corrected chi connectivity index (χ2v) is 5.63. The maximum absolute atomic E-state index is 5.84. The molecule has 2 atom stereocenters. The van der Waals surface area contributed by atoms with E-state index >= 15 is 0 Å². The van der Waals surface area contributed by atoms with E-state index in [-0.39, 0.29) is 0 Å². The van der Waals surface area contributed by atoms with Gasteiger partial charge in [-0.25, -0.2) is 0 Å². The van der Waals surface area contributed by atoms with Crippen molar-refractivity contribution in [2.24, 2.45) is 11.8 Å². The van der Waals surface area contributed by atoms with Gasteiger partial charge in [0, 0.05) is 12.7 Å². The summed E-state index contributed by atoms with van der Waals surface area (Å²) in [5.41, 5.74) is 2.24. The van der Waals surface area contributed by atoms with Crippen molar-refractivity contribution < 1.29 is 4.74 Å². The molecule has 1 N–H and O–H groups in total. The molecule has 1 heterocycles. The Labute approximate surface area is 122 Å². The van der Waals surface area contributed by atoms with Gasteiger partial charge in [-0.15, -0.1) is 0 Å². The molecule has 20 heavy (non-hydrogen) atoms.